The molecular formula is C21H28Br2N3O9P. The fourth-order valence-corrected chi connectivity index (χ4v) is 6.06. The summed E-state index contributed by atoms with van der Waals surface area (Å²) in [7, 11) is -1.46. The van der Waals surface area contributed by atoms with Crippen molar-refractivity contribution in [2.45, 2.75) is 55.6 Å². The van der Waals surface area contributed by atoms with E-state index in [2.05, 4.69) is 42.3 Å². The largest absolute Gasteiger partial charge is 0.468 e. The van der Waals surface area contributed by atoms with Crippen molar-refractivity contribution in [2.75, 3.05) is 20.8 Å². The number of halogens is 2. The molecule has 0 aromatic heterocycles. The van der Waals surface area contributed by atoms with E-state index in [0.717, 1.165) is 4.47 Å². The molecule has 2 saturated heterocycles. The lowest BCUT2D eigenvalue weighted by atomic mass is 10.1. The van der Waals surface area contributed by atoms with E-state index < -0.39 is 54.6 Å². The molecule has 0 bridgehead atoms. The fourth-order valence-electron chi connectivity index (χ4n) is 3.77. The summed E-state index contributed by atoms with van der Waals surface area (Å²) in [5.74, 6) is -0.916. The highest BCUT2D eigenvalue weighted by Crippen LogP contribution is 2.46. The topological polar surface area (TPSA) is 142 Å². The average molecular weight is 657 g/mol. The molecule has 6 atom stereocenters. The van der Waals surface area contributed by atoms with Gasteiger partial charge in [-0.15, -0.1) is 0 Å². The van der Waals surface area contributed by atoms with E-state index in [4.69, 9.17) is 23.3 Å². The van der Waals surface area contributed by atoms with E-state index in [-0.39, 0.29) is 12.4 Å². The fraction of sp³-hybridized carbons (Fsp3) is 0.571. The predicted octanol–water partition coefficient (Wildman–Crippen LogP) is 3.29. The zero-order valence-corrected chi connectivity index (χ0v) is 24.1. The first-order valence-electron chi connectivity index (χ1n) is 11.0. The maximum Gasteiger partial charge on any atom is 0.459 e. The number of nitrogens with one attached hydrogen (secondary N) is 2. The molecule has 1 aromatic carbocycles. The second kappa shape index (κ2) is 11.9. The Hall–Kier alpha value is -1.54. The number of carbonyl (C=O) groups excluding carboxylic acids is 3. The van der Waals surface area contributed by atoms with Gasteiger partial charge in [-0.05, 0) is 51.0 Å². The van der Waals surface area contributed by atoms with Gasteiger partial charge in [0.1, 0.15) is 22.3 Å². The molecule has 0 radical (unpaired) electrons. The Bertz CT molecular complexity index is 1030. The molecular weight excluding hydrogens is 629 g/mol. The van der Waals surface area contributed by atoms with Gasteiger partial charge in [-0.2, -0.15) is 5.09 Å². The number of rotatable bonds is 10. The van der Waals surface area contributed by atoms with Crippen molar-refractivity contribution in [3.8, 4) is 5.75 Å². The van der Waals surface area contributed by atoms with Crippen LogP contribution >= 0.6 is 39.6 Å². The maximum absolute atomic E-state index is 13.5. The number of alkyl halides is 1. The molecule has 0 saturated carbocycles. The summed E-state index contributed by atoms with van der Waals surface area (Å²) in [5, 5.41) is 4.86. The van der Waals surface area contributed by atoms with Gasteiger partial charge in [0, 0.05) is 11.6 Å². The third-order valence-electron chi connectivity index (χ3n) is 5.61. The van der Waals surface area contributed by atoms with Crippen LogP contribution in [0.5, 0.6) is 5.75 Å². The minimum absolute atomic E-state index is 0.164. The van der Waals surface area contributed by atoms with Crippen LogP contribution in [0.1, 0.15) is 26.7 Å². The lowest BCUT2D eigenvalue weighted by Gasteiger charge is -2.44. The van der Waals surface area contributed by atoms with E-state index >= 15 is 0 Å². The molecule has 0 aliphatic carbocycles. The Labute approximate surface area is 225 Å². The number of hydrogen-bond donors (Lipinski definition) is 2. The van der Waals surface area contributed by atoms with Crippen LogP contribution in [-0.2, 0) is 32.9 Å². The van der Waals surface area contributed by atoms with Gasteiger partial charge in [0.05, 0.1) is 19.8 Å². The lowest BCUT2D eigenvalue weighted by Crippen LogP contribution is -2.69. The molecule has 3 amide bonds. The number of urea groups is 1. The monoisotopic (exact) mass is 655 g/mol. The molecule has 2 N–H and O–H groups in total. The zero-order valence-electron chi connectivity index (χ0n) is 20.1. The van der Waals surface area contributed by atoms with Crippen molar-refractivity contribution in [1.29, 1.82) is 0 Å². The number of methoxy groups -OCH3 is 2. The first-order chi connectivity index (χ1) is 16.9. The van der Waals surface area contributed by atoms with Crippen molar-refractivity contribution < 1.29 is 42.2 Å². The smallest absolute Gasteiger partial charge is 0.459 e. The summed E-state index contributed by atoms with van der Waals surface area (Å²) in [4.78, 5) is 38.0. The number of imide groups is 1. The summed E-state index contributed by atoms with van der Waals surface area (Å²) in [6, 6.07) is 4.95. The van der Waals surface area contributed by atoms with Gasteiger partial charge in [-0.3, -0.25) is 24.3 Å². The summed E-state index contributed by atoms with van der Waals surface area (Å²) in [6.45, 7) is 2.89. The number of ether oxygens (including phenoxy) is 3. The first-order valence-corrected chi connectivity index (χ1v) is 14.1. The first kappa shape index (κ1) is 29.0. The number of esters is 1. The van der Waals surface area contributed by atoms with Gasteiger partial charge >= 0.3 is 19.7 Å². The highest BCUT2D eigenvalue weighted by Gasteiger charge is 2.53. The molecule has 2 aliphatic heterocycles. The second-order valence-electron chi connectivity index (χ2n) is 8.33. The number of hydrogen-bond acceptors (Lipinski definition) is 9. The Kier molecular flexibility index (Phi) is 9.58. The summed E-state index contributed by atoms with van der Waals surface area (Å²) in [5.41, 5.74) is 0. The third-order valence-corrected chi connectivity index (χ3v) is 8.53. The normalized spacial score (nSPS) is 28.8. The highest BCUT2D eigenvalue weighted by atomic mass is 79.9. The lowest BCUT2D eigenvalue weighted by molar-refractivity contribution is -0.152. The molecule has 3 rings (SSSR count). The quantitative estimate of drug-likeness (QED) is 0.219. The summed E-state index contributed by atoms with van der Waals surface area (Å²) in [6.07, 6.45) is -1.32. The molecule has 2 fully saturated rings. The minimum atomic E-state index is -4.06. The van der Waals surface area contributed by atoms with Crippen molar-refractivity contribution in [1.82, 2.24) is 15.3 Å². The van der Waals surface area contributed by atoms with Crippen LogP contribution < -0.4 is 14.9 Å². The van der Waals surface area contributed by atoms with Crippen molar-refractivity contribution in [2.24, 2.45) is 0 Å². The van der Waals surface area contributed by atoms with Crippen LogP contribution in [0.15, 0.2) is 28.7 Å². The number of amides is 3. The van der Waals surface area contributed by atoms with E-state index in [1.54, 1.807) is 31.2 Å². The van der Waals surface area contributed by atoms with Crippen LogP contribution in [-0.4, -0.2) is 72.6 Å². The van der Waals surface area contributed by atoms with Crippen LogP contribution in [0.25, 0.3) is 0 Å². The third kappa shape index (κ3) is 6.66. The van der Waals surface area contributed by atoms with Crippen LogP contribution in [0, 0.1) is 0 Å². The van der Waals surface area contributed by atoms with Gasteiger partial charge in [0.15, 0.2) is 6.23 Å². The molecule has 3 unspecified atom stereocenters. The predicted molar refractivity (Wildman–Crippen MR) is 134 cm³/mol. The number of benzene rings is 1. The number of nitrogens with zero attached hydrogens (tertiary/aromatic N) is 1. The maximum atomic E-state index is 13.5. The highest BCUT2D eigenvalue weighted by molar-refractivity contribution is 9.10. The van der Waals surface area contributed by atoms with Crippen molar-refractivity contribution in [3.05, 3.63) is 28.7 Å². The molecule has 2 aliphatic rings. The van der Waals surface area contributed by atoms with Gasteiger partial charge in [0.25, 0.3) is 0 Å². The Balaban J connectivity index is 1.69. The number of carbonyl (C=O) groups is 3. The Morgan fingerprint density at radius 1 is 1.31 bits per heavy atom. The van der Waals surface area contributed by atoms with E-state index in [1.807, 2.05) is 0 Å². The van der Waals surface area contributed by atoms with Crippen molar-refractivity contribution in [3.63, 3.8) is 0 Å². The molecule has 0 spiro atoms. The molecule has 200 valence electrons. The second-order valence-corrected chi connectivity index (χ2v) is 12.6. The van der Waals surface area contributed by atoms with Crippen LogP contribution in [0.4, 0.5) is 4.79 Å². The standard InChI is InChI=1S/C21H28Br2N3O9P/c1-12(17(27)31-3)25-36(30,35-14-7-5-13(22)6-8-14)33-11-15-9-10-16(34-15)26-19(32-4)21(2,23)18(28)24-20(26)29/h5-8,12,15-16,19H,9-11H2,1-4H3,(H,25,30)(H,24,28,29)/t12-,15-,16+,19?,21?,36?/m0/s1. The van der Waals surface area contributed by atoms with Gasteiger partial charge < -0.3 is 18.7 Å². The summed E-state index contributed by atoms with van der Waals surface area (Å²) >= 11 is 6.65. The molecule has 1 aromatic rings. The van der Waals surface area contributed by atoms with Gasteiger partial charge in [-0.1, -0.05) is 31.9 Å². The molecule has 15 heteroatoms. The van der Waals surface area contributed by atoms with E-state index in [1.165, 1.54) is 26.0 Å². The Morgan fingerprint density at radius 2 is 1.97 bits per heavy atom. The van der Waals surface area contributed by atoms with Gasteiger partial charge in [0.2, 0.25) is 5.91 Å². The van der Waals surface area contributed by atoms with Crippen molar-refractivity contribution >= 4 is 57.5 Å². The van der Waals surface area contributed by atoms with Crippen LogP contribution in [0.2, 0.25) is 0 Å². The molecule has 2 heterocycles. The minimum Gasteiger partial charge on any atom is -0.468 e. The summed E-state index contributed by atoms with van der Waals surface area (Å²) < 4.78 is 40.5. The van der Waals surface area contributed by atoms with Gasteiger partial charge in [-0.25, -0.2) is 9.36 Å². The zero-order chi connectivity index (χ0) is 26.7. The van der Waals surface area contributed by atoms with E-state index in [9.17, 15) is 18.9 Å². The average Bonchev–Trinajstić information content (AvgIpc) is 3.29. The van der Waals surface area contributed by atoms with E-state index in [0.29, 0.717) is 12.8 Å². The molecule has 12 nitrogen and oxygen atoms in total. The SMILES string of the molecule is COC(=O)[C@H](C)NP(=O)(OC[C@@H]1CC[C@H](N2C(=O)NC(=O)C(C)(Br)C2OC)O1)Oc1ccc(Br)cc1. The van der Waals surface area contributed by atoms with Crippen LogP contribution in [0.3, 0.4) is 0 Å². The Morgan fingerprint density at radius 3 is 2.58 bits per heavy atom. The molecule has 36 heavy (non-hydrogen) atoms.